The summed E-state index contributed by atoms with van der Waals surface area (Å²) in [5.41, 5.74) is 16.9. The molecule has 10 rings (SSSR count). The molecule has 1 aromatic heterocycles. The average Bonchev–Trinajstić information content (AvgIpc) is 3.76. The molecule has 0 fully saturated rings. The van der Waals surface area contributed by atoms with Crippen LogP contribution >= 0.6 is 0 Å². The van der Waals surface area contributed by atoms with Gasteiger partial charge in [-0.3, -0.25) is 0 Å². The van der Waals surface area contributed by atoms with Crippen LogP contribution in [-0.2, 0) is 6.42 Å². The van der Waals surface area contributed by atoms with Gasteiger partial charge in [0.25, 0.3) is 0 Å². The standard InChI is InChI=1S/C58H58N2/c1-4-19-43(36-42-21-12-18-31-54-51(34-32-42)44-22-13-15-28-49(37-44)59(54)47-24-7-5-8-25-47)41(3)57(50-29-16-11-20-40(50)2)46-33-35-55-53(38-46)58-52-30-17-14-23-45(52)39-56(58)60(55)48-26-9-6-10-27-48/h4-17,19,21-28,30,32-33,35,37-38,40-41,43-44,51,54H,18,20,29,31,34,36,39H2,1-3H3/b19-4-,21-12-,42-32+,57-50-. The number of para-hydroxylation sites is 2. The predicted octanol–water partition coefficient (Wildman–Crippen LogP) is 15.0. The van der Waals surface area contributed by atoms with Crippen LogP contribution in [0.4, 0.5) is 5.69 Å². The molecule has 4 aliphatic carbocycles. The number of hydrogen-bond acceptors (Lipinski definition) is 1. The summed E-state index contributed by atoms with van der Waals surface area (Å²) in [6.07, 6.45) is 36.4. The monoisotopic (exact) mass is 782 g/mol. The molecule has 0 N–H and O–H groups in total. The highest BCUT2D eigenvalue weighted by Crippen LogP contribution is 2.48. The minimum Gasteiger partial charge on any atom is -0.338 e. The largest absolute Gasteiger partial charge is 0.338 e. The highest BCUT2D eigenvalue weighted by molar-refractivity contribution is 6.03. The second kappa shape index (κ2) is 16.7. The molecule has 2 nitrogen and oxygen atoms in total. The molecule has 0 amide bonds. The lowest BCUT2D eigenvalue weighted by molar-refractivity contribution is 0.332. The number of allylic oxidation sites excluding steroid dienone is 15. The van der Waals surface area contributed by atoms with Crippen molar-refractivity contribution in [2.24, 2.45) is 29.6 Å². The van der Waals surface area contributed by atoms with Crippen molar-refractivity contribution in [2.45, 2.75) is 71.8 Å². The first kappa shape index (κ1) is 38.3. The van der Waals surface area contributed by atoms with Crippen LogP contribution in [0.5, 0.6) is 0 Å². The van der Waals surface area contributed by atoms with Crippen molar-refractivity contribution in [3.63, 3.8) is 0 Å². The van der Waals surface area contributed by atoms with E-state index >= 15 is 0 Å². The minimum atomic E-state index is 0.332. The van der Waals surface area contributed by atoms with Gasteiger partial charge in [-0.15, -0.1) is 0 Å². The Kier molecular flexibility index (Phi) is 10.6. The summed E-state index contributed by atoms with van der Waals surface area (Å²) < 4.78 is 2.53. The Balaban J connectivity index is 1.03. The molecule has 0 saturated carbocycles. The first-order chi connectivity index (χ1) is 29.6. The zero-order chi connectivity index (χ0) is 40.6. The van der Waals surface area contributed by atoms with Gasteiger partial charge in [0.1, 0.15) is 0 Å². The molecular formula is C58H58N2. The van der Waals surface area contributed by atoms with Gasteiger partial charge in [-0.25, -0.2) is 0 Å². The third-order valence-corrected chi connectivity index (χ3v) is 14.3. The van der Waals surface area contributed by atoms with Gasteiger partial charge in [0.2, 0.25) is 0 Å². The number of anilines is 1. The number of nitrogens with zero attached hydrogens (tertiary/aromatic N) is 2. The molecule has 0 spiro atoms. The fourth-order valence-corrected chi connectivity index (χ4v) is 11.4. The second-order valence-corrected chi connectivity index (χ2v) is 17.8. The van der Waals surface area contributed by atoms with Crippen molar-refractivity contribution < 1.29 is 0 Å². The molecule has 60 heavy (non-hydrogen) atoms. The van der Waals surface area contributed by atoms with Gasteiger partial charge in [-0.05, 0) is 134 Å². The lowest BCUT2D eigenvalue weighted by Crippen LogP contribution is -2.45. The number of rotatable bonds is 8. The SMILES string of the molecule is C/C=C\C(CC1=C/CC2C3C=CC=CC(=C3)N(c3ccccc3)C2CC/C=C\1)C(C)/C(=C1\CC=CCC1C)c1ccc2c(c1)c1c(n2-c2ccccc2)Cc2ccccc2-1. The fraction of sp³-hybridized carbons (Fsp3) is 0.276. The maximum absolute atomic E-state index is 2.64. The topological polar surface area (TPSA) is 8.17 Å². The van der Waals surface area contributed by atoms with Crippen LogP contribution in [0.2, 0.25) is 0 Å². The Morgan fingerprint density at radius 2 is 1.63 bits per heavy atom. The molecule has 1 aliphatic heterocycles. The van der Waals surface area contributed by atoms with E-state index in [1.54, 1.807) is 11.1 Å². The molecule has 300 valence electrons. The minimum absolute atomic E-state index is 0.332. The van der Waals surface area contributed by atoms with Gasteiger partial charge in [-0.2, -0.15) is 0 Å². The fourth-order valence-electron chi connectivity index (χ4n) is 11.4. The van der Waals surface area contributed by atoms with Gasteiger partial charge in [0.15, 0.2) is 0 Å². The highest BCUT2D eigenvalue weighted by atomic mass is 15.2. The third-order valence-electron chi connectivity index (χ3n) is 14.3. The lowest BCUT2D eigenvalue weighted by atomic mass is 9.73. The maximum Gasteiger partial charge on any atom is 0.0538 e. The van der Waals surface area contributed by atoms with E-state index in [1.807, 2.05) is 0 Å². The van der Waals surface area contributed by atoms with E-state index in [0.717, 1.165) is 44.9 Å². The highest BCUT2D eigenvalue weighted by Gasteiger charge is 2.37. The van der Waals surface area contributed by atoms with Crippen molar-refractivity contribution >= 4 is 22.2 Å². The Labute approximate surface area is 358 Å². The van der Waals surface area contributed by atoms with Crippen molar-refractivity contribution in [3.8, 4) is 16.8 Å². The summed E-state index contributed by atoms with van der Waals surface area (Å²) >= 11 is 0. The molecule has 0 radical (unpaired) electrons. The van der Waals surface area contributed by atoms with Crippen LogP contribution in [-0.4, -0.2) is 10.6 Å². The molecule has 2 heteroatoms. The van der Waals surface area contributed by atoms with E-state index in [9.17, 15) is 0 Å². The summed E-state index contributed by atoms with van der Waals surface area (Å²) in [6, 6.07) is 39.0. The van der Waals surface area contributed by atoms with Gasteiger partial charge in [0, 0.05) is 52.1 Å². The molecule has 2 bridgehead atoms. The quantitative estimate of drug-likeness (QED) is 0.140. The Hall–Kier alpha value is -5.86. The van der Waals surface area contributed by atoms with Crippen LogP contribution < -0.4 is 4.90 Å². The van der Waals surface area contributed by atoms with Crippen molar-refractivity contribution in [3.05, 3.63) is 210 Å². The van der Waals surface area contributed by atoms with Crippen LogP contribution in [0.3, 0.4) is 0 Å². The van der Waals surface area contributed by atoms with E-state index in [2.05, 4.69) is 206 Å². The van der Waals surface area contributed by atoms with E-state index < -0.39 is 0 Å². The molecule has 6 unspecified atom stereocenters. The summed E-state index contributed by atoms with van der Waals surface area (Å²) in [7, 11) is 0. The van der Waals surface area contributed by atoms with E-state index in [-0.39, 0.29) is 0 Å². The summed E-state index contributed by atoms with van der Waals surface area (Å²) in [5.74, 6) is 2.14. The summed E-state index contributed by atoms with van der Waals surface area (Å²) in [5, 5.41) is 1.37. The zero-order valence-corrected chi connectivity index (χ0v) is 35.6. The number of benzene rings is 4. The predicted molar refractivity (Wildman–Crippen MR) is 255 cm³/mol. The van der Waals surface area contributed by atoms with E-state index in [1.165, 1.54) is 61.5 Å². The molecule has 5 aliphatic rings. The Bertz CT molecular complexity index is 2640. The van der Waals surface area contributed by atoms with Crippen LogP contribution in [0.15, 0.2) is 193 Å². The van der Waals surface area contributed by atoms with Crippen molar-refractivity contribution in [1.82, 2.24) is 4.57 Å². The smallest absolute Gasteiger partial charge is 0.0538 e. The Morgan fingerprint density at radius 3 is 2.45 bits per heavy atom. The van der Waals surface area contributed by atoms with Gasteiger partial charge < -0.3 is 9.47 Å². The maximum atomic E-state index is 2.64. The first-order valence-electron chi connectivity index (χ1n) is 22.7. The molecule has 0 saturated heterocycles. The Morgan fingerprint density at radius 1 is 0.833 bits per heavy atom. The van der Waals surface area contributed by atoms with Crippen molar-refractivity contribution in [2.75, 3.05) is 4.90 Å². The van der Waals surface area contributed by atoms with Crippen molar-refractivity contribution in [1.29, 1.82) is 0 Å². The summed E-state index contributed by atoms with van der Waals surface area (Å²) in [4.78, 5) is 2.64. The molecule has 4 aromatic carbocycles. The average molecular weight is 783 g/mol. The molecule has 2 heterocycles. The van der Waals surface area contributed by atoms with E-state index in [0.29, 0.717) is 35.6 Å². The normalized spacial score (nSPS) is 25.2. The first-order valence-corrected chi connectivity index (χ1v) is 22.7. The van der Waals surface area contributed by atoms with Crippen LogP contribution in [0, 0.1) is 29.6 Å². The number of fused-ring (bicyclic) bond motifs is 8. The number of hydrogen-bond donors (Lipinski definition) is 0. The van der Waals surface area contributed by atoms with Crippen LogP contribution in [0.25, 0.3) is 33.3 Å². The van der Waals surface area contributed by atoms with E-state index in [4.69, 9.17) is 0 Å². The molecular weight excluding hydrogens is 725 g/mol. The summed E-state index contributed by atoms with van der Waals surface area (Å²) in [6.45, 7) is 7.20. The van der Waals surface area contributed by atoms with Gasteiger partial charge in [0.05, 0.1) is 5.52 Å². The van der Waals surface area contributed by atoms with Gasteiger partial charge in [-0.1, -0.05) is 159 Å². The third kappa shape index (κ3) is 7.04. The lowest BCUT2D eigenvalue weighted by Gasteiger charge is -2.45. The zero-order valence-electron chi connectivity index (χ0n) is 35.6. The molecule has 6 atom stereocenters. The van der Waals surface area contributed by atoms with Crippen LogP contribution in [0.1, 0.15) is 76.1 Å². The second-order valence-electron chi connectivity index (χ2n) is 17.8. The van der Waals surface area contributed by atoms with Gasteiger partial charge >= 0.3 is 0 Å². The number of aromatic nitrogens is 1. The molecule has 5 aromatic rings.